The van der Waals surface area contributed by atoms with Crippen LogP contribution in [0.5, 0.6) is 5.75 Å². The van der Waals surface area contributed by atoms with Crippen LogP contribution in [-0.2, 0) is 6.42 Å². The summed E-state index contributed by atoms with van der Waals surface area (Å²) >= 11 is 0. The lowest BCUT2D eigenvalue weighted by molar-refractivity contribution is 0.302. The van der Waals surface area contributed by atoms with Crippen molar-refractivity contribution in [2.45, 2.75) is 12.8 Å². The van der Waals surface area contributed by atoms with E-state index >= 15 is 0 Å². The largest absolute Gasteiger partial charge is 0.508 e. The van der Waals surface area contributed by atoms with Gasteiger partial charge < -0.3 is 10.2 Å². The molecular weight excluding hydrogens is 164 g/mol. The highest BCUT2D eigenvalue weighted by atomic mass is 16.3. The maximum absolute atomic E-state index is 9.38. The van der Waals surface area contributed by atoms with Crippen LogP contribution in [0.4, 0.5) is 0 Å². The summed E-state index contributed by atoms with van der Waals surface area (Å²) in [6.07, 6.45) is 5.25. The topological polar surface area (TPSA) is 40.5 Å². The zero-order chi connectivity index (χ0) is 9.52. The SMILES string of the molecule is OCCC=CCc1ccccc1O. The van der Waals surface area contributed by atoms with Crippen LogP contribution < -0.4 is 0 Å². The fraction of sp³-hybridized carbons (Fsp3) is 0.273. The van der Waals surface area contributed by atoms with E-state index in [1.807, 2.05) is 24.3 Å². The van der Waals surface area contributed by atoms with Gasteiger partial charge in [-0.05, 0) is 24.5 Å². The van der Waals surface area contributed by atoms with E-state index in [0.717, 1.165) is 5.56 Å². The van der Waals surface area contributed by atoms with Crippen molar-refractivity contribution >= 4 is 0 Å². The van der Waals surface area contributed by atoms with Crippen molar-refractivity contribution < 1.29 is 10.2 Å². The Morgan fingerprint density at radius 2 is 1.92 bits per heavy atom. The Morgan fingerprint density at radius 3 is 2.62 bits per heavy atom. The molecule has 0 aromatic heterocycles. The van der Waals surface area contributed by atoms with Crippen LogP contribution in [0, 0.1) is 0 Å². The molecule has 2 nitrogen and oxygen atoms in total. The molecule has 0 aliphatic carbocycles. The predicted octanol–water partition coefficient (Wildman–Crippen LogP) is 1.87. The van der Waals surface area contributed by atoms with Gasteiger partial charge in [0.1, 0.15) is 5.75 Å². The summed E-state index contributed by atoms with van der Waals surface area (Å²) in [5.74, 6) is 0.330. The lowest BCUT2D eigenvalue weighted by atomic mass is 10.1. The molecule has 0 atom stereocenters. The summed E-state index contributed by atoms with van der Waals surface area (Å²) in [6.45, 7) is 0.178. The number of allylic oxidation sites excluding steroid dienone is 1. The average molecular weight is 178 g/mol. The van der Waals surface area contributed by atoms with E-state index in [0.29, 0.717) is 18.6 Å². The maximum atomic E-state index is 9.38. The molecule has 1 aromatic carbocycles. The summed E-state index contributed by atoms with van der Waals surface area (Å²) in [6, 6.07) is 7.26. The Kier molecular flexibility index (Phi) is 4.06. The zero-order valence-electron chi connectivity index (χ0n) is 7.48. The van der Waals surface area contributed by atoms with Crippen LogP contribution in [-0.4, -0.2) is 16.8 Å². The first-order valence-corrected chi connectivity index (χ1v) is 4.37. The number of aliphatic hydroxyl groups is 1. The lowest BCUT2D eigenvalue weighted by Gasteiger charge is -1.98. The smallest absolute Gasteiger partial charge is 0.119 e. The van der Waals surface area contributed by atoms with E-state index < -0.39 is 0 Å². The molecule has 0 amide bonds. The van der Waals surface area contributed by atoms with E-state index in [2.05, 4.69) is 0 Å². The van der Waals surface area contributed by atoms with Gasteiger partial charge in [0.25, 0.3) is 0 Å². The van der Waals surface area contributed by atoms with Gasteiger partial charge in [-0.25, -0.2) is 0 Å². The third-order valence-electron chi connectivity index (χ3n) is 1.79. The van der Waals surface area contributed by atoms with Crippen LogP contribution in [0.15, 0.2) is 36.4 Å². The van der Waals surface area contributed by atoms with Crippen molar-refractivity contribution in [3.05, 3.63) is 42.0 Å². The second-order valence-corrected chi connectivity index (χ2v) is 2.82. The van der Waals surface area contributed by atoms with Crippen molar-refractivity contribution in [2.24, 2.45) is 0 Å². The first-order chi connectivity index (χ1) is 6.34. The average Bonchev–Trinajstić information content (AvgIpc) is 2.15. The number of para-hydroxylation sites is 1. The fourth-order valence-electron chi connectivity index (χ4n) is 1.09. The summed E-state index contributed by atoms with van der Waals surface area (Å²) in [5, 5.41) is 17.9. The Morgan fingerprint density at radius 1 is 1.15 bits per heavy atom. The second kappa shape index (κ2) is 5.38. The number of aliphatic hydroxyl groups excluding tert-OH is 1. The van der Waals surface area contributed by atoms with Crippen LogP contribution >= 0.6 is 0 Å². The molecule has 0 fully saturated rings. The summed E-state index contributed by atoms with van der Waals surface area (Å²) < 4.78 is 0. The van der Waals surface area contributed by atoms with Gasteiger partial charge in [-0.3, -0.25) is 0 Å². The molecule has 0 radical (unpaired) electrons. The molecule has 0 bridgehead atoms. The number of benzene rings is 1. The standard InChI is InChI=1S/C11H14O2/c12-9-5-1-2-6-10-7-3-4-8-11(10)13/h1-4,7-8,12-13H,5-6,9H2. The molecule has 0 unspecified atom stereocenters. The molecule has 70 valence electrons. The van der Waals surface area contributed by atoms with E-state index in [4.69, 9.17) is 5.11 Å². The van der Waals surface area contributed by atoms with Gasteiger partial charge in [-0.1, -0.05) is 30.4 Å². The molecule has 2 N–H and O–H groups in total. The van der Waals surface area contributed by atoms with E-state index in [1.165, 1.54) is 0 Å². The van der Waals surface area contributed by atoms with Gasteiger partial charge in [0.2, 0.25) is 0 Å². The van der Waals surface area contributed by atoms with Crippen LogP contribution in [0.25, 0.3) is 0 Å². The van der Waals surface area contributed by atoms with Crippen molar-refractivity contribution in [1.82, 2.24) is 0 Å². The zero-order valence-corrected chi connectivity index (χ0v) is 7.48. The quantitative estimate of drug-likeness (QED) is 0.691. The van der Waals surface area contributed by atoms with Crippen molar-refractivity contribution in [1.29, 1.82) is 0 Å². The Bertz CT molecular complexity index is 279. The first-order valence-electron chi connectivity index (χ1n) is 4.37. The molecule has 2 heteroatoms. The minimum Gasteiger partial charge on any atom is -0.508 e. The van der Waals surface area contributed by atoms with Crippen molar-refractivity contribution in [3.8, 4) is 5.75 Å². The number of hydrogen-bond donors (Lipinski definition) is 2. The van der Waals surface area contributed by atoms with Gasteiger partial charge >= 0.3 is 0 Å². The van der Waals surface area contributed by atoms with E-state index in [1.54, 1.807) is 12.1 Å². The minimum absolute atomic E-state index is 0.178. The highest BCUT2D eigenvalue weighted by Crippen LogP contribution is 2.16. The number of rotatable bonds is 4. The van der Waals surface area contributed by atoms with Gasteiger partial charge in [0.05, 0.1) is 0 Å². The molecule has 0 saturated carbocycles. The molecule has 0 aliphatic rings. The van der Waals surface area contributed by atoms with E-state index in [-0.39, 0.29) is 6.61 Å². The maximum Gasteiger partial charge on any atom is 0.119 e. The Hall–Kier alpha value is -1.28. The molecule has 0 heterocycles. The first kappa shape index (κ1) is 9.81. The van der Waals surface area contributed by atoms with Crippen LogP contribution in [0.1, 0.15) is 12.0 Å². The molecule has 0 spiro atoms. The molecular formula is C11H14O2. The molecule has 0 saturated heterocycles. The monoisotopic (exact) mass is 178 g/mol. The van der Waals surface area contributed by atoms with Crippen LogP contribution in [0.2, 0.25) is 0 Å². The third kappa shape index (κ3) is 3.30. The Balaban J connectivity index is 2.49. The Labute approximate surface area is 78.2 Å². The minimum atomic E-state index is 0.178. The van der Waals surface area contributed by atoms with Crippen molar-refractivity contribution in [3.63, 3.8) is 0 Å². The number of phenolic OH excluding ortho intramolecular Hbond substituents is 1. The number of phenols is 1. The number of aromatic hydroxyl groups is 1. The molecule has 13 heavy (non-hydrogen) atoms. The van der Waals surface area contributed by atoms with Gasteiger partial charge in [-0.15, -0.1) is 0 Å². The van der Waals surface area contributed by atoms with Crippen molar-refractivity contribution in [2.75, 3.05) is 6.61 Å². The normalized spacial score (nSPS) is 10.8. The molecule has 0 aliphatic heterocycles. The second-order valence-electron chi connectivity index (χ2n) is 2.82. The summed E-state index contributed by atoms with van der Waals surface area (Å²) in [4.78, 5) is 0. The summed E-state index contributed by atoms with van der Waals surface area (Å²) in [5.41, 5.74) is 0.914. The fourth-order valence-corrected chi connectivity index (χ4v) is 1.09. The van der Waals surface area contributed by atoms with Crippen LogP contribution in [0.3, 0.4) is 0 Å². The highest BCUT2D eigenvalue weighted by Gasteiger charge is 1.94. The molecule has 1 rings (SSSR count). The van der Waals surface area contributed by atoms with E-state index in [9.17, 15) is 5.11 Å². The molecule has 1 aromatic rings. The van der Waals surface area contributed by atoms with Gasteiger partial charge in [0, 0.05) is 6.61 Å². The highest BCUT2D eigenvalue weighted by molar-refractivity contribution is 5.33. The number of hydrogen-bond acceptors (Lipinski definition) is 2. The predicted molar refractivity (Wildman–Crippen MR) is 52.7 cm³/mol. The summed E-state index contributed by atoms with van der Waals surface area (Å²) in [7, 11) is 0. The van der Waals surface area contributed by atoms with Gasteiger partial charge in [0.15, 0.2) is 0 Å². The lowest BCUT2D eigenvalue weighted by Crippen LogP contribution is -1.82. The third-order valence-corrected chi connectivity index (χ3v) is 1.79. The van der Waals surface area contributed by atoms with Gasteiger partial charge in [-0.2, -0.15) is 0 Å².